The Hall–Kier alpha value is -1.84. The molecular formula is C17H23NO3. The first-order valence-electron chi connectivity index (χ1n) is 7.61. The molecule has 0 aromatic heterocycles. The first-order chi connectivity index (χ1) is 10.1. The second-order valence-corrected chi connectivity index (χ2v) is 5.77. The standard InChI is InChI=1S/C17H23NO3/c1-4-8-12(2)13(3)16(19)18-15(11-21-17(18)20)14-9-6-5-7-10-14/h5-7,9-10,12-13,15H,4,8,11H2,1-3H3/t12-,13-,15?/m1/s1. The van der Waals surface area contributed by atoms with E-state index in [4.69, 9.17) is 4.74 Å². The number of benzene rings is 1. The highest BCUT2D eigenvalue weighted by Crippen LogP contribution is 2.31. The highest BCUT2D eigenvalue weighted by molar-refractivity contribution is 5.94. The van der Waals surface area contributed by atoms with Gasteiger partial charge in [-0.05, 0) is 11.5 Å². The lowest BCUT2D eigenvalue weighted by Crippen LogP contribution is -2.39. The van der Waals surface area contributed by atoms with E-state index in [2.05, 4.69) is 13.8 Å². The van der Waals surface area contributed by atoms with Crippen LogP contribution in [0.3, 0.4) is 0 Å². The van der Waals surface area contributed by atoms with Crippen molar-refractivity contribution < 1.29 is 14.3 Å². The average Bonchev–Trinajstić information content (AvgIpc) is 2.88. The van der Waals surface area contributed by atoms with Crippen molar-refractivity contribution in [2.24, 2.45) is 11.8 Å². The van der Waals surface area contributed by atoms with E-state index in [1.807, 2.05) is 37.3 Å². The third kappa shape index (κ3) is 3.26. The van der Waals surface area contributed by atoms with Gasteiger partial charge in [-0.2, -0.15) is 0 Å². The Bertz CT molecular complexity index is 500. The van der Waals surface area contributed by atoms with E-state index in [-0.39, 0.29) is 30.4 Å². The number of carbonyl (C=O) groups excluding carboxylic acids is 2. The van der Waals surface area contributed by atoms with Crippen LogP contribution in [0.2, 0.25) is 0 Å². The number of hydrogen-bond donors (Lipinski definition) is 0. The lowest BCUT2D eigenvalue weighted by molar-refractivity contribution is -0.134. The molecule has 1 heterocycles. The van der Waals surface area contributed by atoms with Gasteiger partial charge in [0.1, 0.15) is 12.6 Å². The predicted octanol–water partition coefficient (Wildman–Crippen LogP) is 3.78. The molecule has 2 amide bonds. The Morgan fingerprint density at radius 2 is 2.00 bits per heavy atom. The van der Waals surface area contributed by atoms with Gasteiger partial charge in [0.15, 0.2) is 0 Å². The molecule has 4 nitrogen and oxygen atoms in total. The van der Waals surface area contributed by atoms with Crippen LogP contribution in [0.1, 0.15) is 45.2 Å². The average molecular weight is 289 g/mol. The molecule has 0 aliphatic carbocycles. The SMILES string of the molecule is CCC[C@@H](C)[C@@H](C)C(=O)N1C(=O)OCC1c1ccccc1. The molecule has 1 unspecified atom stereocenters. The monoisotopic (exact) mass is 289 g/mol. The van der Waals surface area contributed by atoms with Crippen molar-refractivity contribution in [2.45, 2.75) is 39.7 Å². The van der Waals surface area contributed by atoms with Crippen LogP contribution in [0.5, 0.6) is 0 Å². The third-order valence-corrected chi connectivity index (χ3v) is 4.28. The normalized spacial score (nSPS) is 21.0. The Morgan fingerprint density at radius 1 is 1.33 bits per heavy atom. The van der Waals surface area contributed by atoms with Crippen LogP contribution in [0.25, 0.3) is 0 Å². The van der Waals surface area contributed by atoms with Crippen LogP contribution in [-0.2, 0) is 9.53 Å². The van der Waals surface area contributed by atoms with Crippen molar-refractivity contribution in [3.63, 3.8) is 0 Å². The minimum absolute atomic E-state index is 0.132. The molecule has 21 heavy (non-hydrogen) atoms. The Balaban J connectivity index is 2.19. The van der Waals surface area contributed by atoms with Crippen LogP contribution in [0.15, 0.2) is 30.3 Å². The number of cyclic esters (lactones) is 1. The number of hydrogen-bond acceptors (Lipinski definition) is 3. The van der Waals surface area contributed by atoms with Crippen molar-refractivity contribution in [3.8, 4) is 0 Å². The third-order valence-electron chi connectivity index (χ3n) is 4.28. The zero-order valence-corrected chi connectivity index (χ0v) is 12.9. The summed E-state index contributed by atoms with van der Waals surface area (Å²) >= 11 is 0. The topological polar surface area (TPSA) is 46.6 Å². The summed E-state index contributed by atoms with van der Waals surface area (Å²) in [5.41, 5.74) is 0.937. The summed E-state index contributed by atoms with van der Waals surface area (Å²) < 4.78 is 5.11. The van der Waals surface area contributed by atoms with Gasteiger partial charge >= 0.3 is 6.09 Å². The first-order valence-corrected chi connectivity index (χ1v) is 7.61. The Labute approximate surface area is 126 Å². The lowest BCUT2D eigenvalue weighted by Gasteiger charge is -2.26. The van der Waals surface area contributed by atoms with E-state index < -0.39 is 6.09 Å². The zero-order valence-electron chi connectivity index (χ0n) is 12.9. The van der Waals surface area contributed by atoms with E-state index in [0.29, 0.717) is 0 Å². The summed E-state index contributed by atoms with van der Waals surface area (Å²) in [5, 5.41) is 0. The van der Waals surface area contributed by atoms with E-state index in [0.717, 1.165) is 18.4 Å². The Kier molecular flexibility index (Phi) is 4.99. The summed E-state index contributed by atoms with van der Waals surface area (Å²) in [5.74, 6) is -0.0542. The summed E-state index contributed by atoms with van der Waals surface area (Å²) in [7, 11) is 0. The van der Waals surface area contributed by atoms with Gasteiger partial charge in [-0.1, -0.05) is 63.9 Å². The molecule has 114 valence electrons. The summed E-state index contributed by atoms with van der Waals surface area (Å²) in [6.07, 6.45) is 1.49. The fourth-order valence-electron chi connectivity index (χ4n) is 2.75. The van der Waals surface area contributed by atoms with Gasteiger partial charge in [-0.25, -0.2) is 9.69 Å². The minimum Gasteiger partial charge on any atom is -0.446 e. The van der Waals surface area contributed by atoms with Gasteiger partial charge < -0.3 is 4.74 Å². The van der Waals surface area contributed by atoms with Crippen molar-refractivity contribution in [1.29, 1.82) is 0 Å². The molecule has 1 aliphatic rings. The number of rotatable bonds is 5. The van der Waals surface area contributed by atoms with Crippen molar-refractivity contribution >= 4 is 12.0 Å². The van der Waals surface area contributed by atoms with Gasteiger partial charge in [0, 0.05) is 5.92 Å². The fraction of sp³-hybridized carbons (Fsp3) is 0.529. The van der Waals surface area contributed by atoms with Crippen molar-refractivity contribution in [2.75, 3.05) is 6.61 Å². The summed E-state index contributed by atoms with van der Waals surface area (Å²) in [6, 6.07) is 9.27. The number of carbonyl (C=O) groups is 2. The van der Waals surface area contributed by atoms with Crippen LogP contribution in [0.4, 0.5) is 4.79 Å². The number of ether oxygens (including phenoxy) is 1. The maximum Gasteiger partial charge on any atom is 0.417 e. The second-order valence-electron chi connectivity index (χ2n) is 5.77. The molecule has 0 spiro atoms. The largest absolute Gasteiger partial charge is 0.446 e. The van der Waals surface area contributed by atoms with Gasteiger partial charge in [-0.3, -0.25) is 4.79 Å². The quantitative estimate of drug-likeness (QED) is 0.828. The van der Waals surface area contributed by atoms with E-state index in [1.165, 1.54) is 4.90 Å². The molecule has 2 rings (SSSR count). The molecule has 1 aliphatic heterocycles. The molecule has 0 radical (unpaired) electrons. The van der Waals surface area contributed by atoms with Crippen LogP contribution in [-0.4, -0.2) is 23.5 Å². The van der Waals surface area contributed by atoms with Gasteiger partial charge in [0.2, 0.25) is 5.91 Å². The molecular weight excluding hydrogens is 266 g/mol. The number of imide groups is 1. The van der Waals surface area contributed by atoms with E-state index >= 15 is 0 Å². The molecule has 0 saturated carbocycles. The van der Waals surface area contributed by atoms with Gasteiger partial charge in [-0.15, -0.1) is 0 Å². The van der Waals surface area contributed by atoms with Gasteiger partial charge in [0.25, 0.3) is 0 Å². The maximum atomic E-state index is 12.7. The van der Waals surface area contributed by atoms with Gasteiger partial charge in [0.05, 0.1) is 0 Å². The summed E-state index contributed by atoms with van der Waals surface area (Å²) in [4.78, 5) is 25.9. The fourth-order valence-corrected chi connectivity index (χ4v) is 2.75. The smallest absolute Gasteiger partial charge is 0.417 e. The first kappa shape index (κ1) is 15.5. The highest BCUT2D eigenvalue weighted by Gasteiger charge is 2.41. The molecule has 4 heteroatoms. The van der Waals surface area contributed by atoms with E-state index in [1.54, 1.807) is 0 Å². The van der Waals surface area contributed by atoms with Crippen LogP contribution < -0.4 is 0 Å². The maximum absolute atomic E-state index is 12.7. The highest BCUT2D eigenvalue weighted by atomic mass is 16.6. The second kappa shape index (κ2) is 6.74. The van der Waals surface area contributed by atoms with Crippen LogP contribution >= 0.6 is 0 Å². The zero-order chi connectivity index (χ0) is 15.4. The molecule has 0 N–H and O–H groups in total. The molecule has 1 fully saturated rings. The molecule has 1 aromatic rings. The number of nitrogens with zero attached hydrogens (tertiary/aromatic N) is 1. The molecule has 0 bridgehead atoms. The molecule has 3 atom stereocenters. The predicted molar refractivity (Wildman–Crippen MR) is 80.6 cm³/mol. The van der Waals surface area contributed by atoms with Crippen LogP contribution in [0, 0.1) is 11.8 Å². The van der Waals surface area contributed by atoms with E-state index in [9.17, 15) is 9.59 Å². The van der Waals surface area contributed by atoms with Crippen molar-refractivity contribution in [1.82, 2.24) is 4.90 Å². The minimum atomic E-state index is -0.524. The molecule has 1 saturated heterocycles. The lowest BCUT2D eigenvalue weighted by atomic mass is 9.90. The summed E-state index contributed by atoms with van der Waals surface area (Å²) in [6.45, 7) is 6.30. The Morgan fingerprint density at radius 3 is 2.62 bits per heavy atom. The molecule has 1 aromatic carbocycles. The number of amides is 2. The van der Waals surface area contributed by atoms with Crippen molar-refractivity contribution in [3.05, 3.63) is 35.9 Å².